The number of para-hydroxylation sites is 2. The molecule has 1 aromatic heterocycles. The van der Waals surface area contributed by atoms with Gasteiger partial charge in [0.15, 0.2) is 5.16 Å². The number of alkyl halides is 3. The number of aromatic nitrogens is 2. The first kappa shape index (κ1) is 17.1. The van der Waals surface area contributed by atoms with E-state index in [1.54, 1.807) is 16.9 Å². The third kappa shape index (κ3) is 4.88. The average Bonchev–Trinajstić information content (AvgIpc) is 2.79. The molecule has 2 N–H and O–H groups in total. The van der Waals surface area contributed by atoms with Crippen molar-refractivity contribution >= 4 is 34.7 Å². The standard InChI is InChI=1S/C13H13F3N4O2S/c1-20-9-5-3-2-4-8(9)18-12(20)23-6-10(21)19-11(22)17-7-13(14,15)16/h2-5H,6-7H2,1H3,(H2,17,19,21,22). The first-order chi connectivity index (χ1) is 10.8. The molecule has 0 unspecified atom stereocenters. The van der Waals surface area contributed by atoms with Gasteiger partial charge in [0.05, 0.1) is 16.8 Å². The van der Waals surface area contributed by atoms with Gasteiger partial charge in [-0.05, 0) is 12.1 Å². The number of rotatable bonds is 4. The molecule has 6 nitrogen and oxygen atoms in total. The maximum absolute atomic E-state index is 11.9. The van der Waals surface area contributed by atoms with E-state index in [0.29, 0.717) is 5.16 Å². The maximum Gasteiger partial charge on any atom is 0.405 e. The van der Waals surface area contributed by atoms with E-state index in [2.05, 4.69) is 4.98 Å². The zero-order valence-electron chi connectivity index (χ0n) is 12.0. The Morgan fingerprint density at radius 2 is 2.00 bits per heavy atom. The van der Waals surface area contributed by atoms with Crippen molar-refractivity contribution in [2.45, 2.75) is 11.3 Å². The summed E-state index contributed by atoms with van der Waals surface area (Å²) in [7, 11) is 1.78. The number of imide groups is 1. The number of amides is 3. The van der Waals surface area contributed by atoms with Gasteiger partial charge in [-0.3, -0.25) is 10.1 Å². The van der Waals surface area contributed by atoms with Gasteiger partial charge in [0, 0.05) is 7.05 Å². The monoisotopic (exact) mass is 346 g/mol. The number of fused-ring (bicyclic) bond motifs is 1. The number of aryl methyl sites for hydroxylation is 1. The highest BCUT2D eigenvalue weighted by atomic mass is 32.2. The van der Waals surface area contributed by atoms with Crippen LogP contribution in [0.25, 0.3) is 11.0 Å². The Labute approximate surface area is 133 Å². The molecule has 1 aromatic carbocycles. The summed E-state index contributed by atoms with van der Waals surface area (Å²) in [5, 5.41) is 3.95. The van der Waals surface area contributed by atoms with Crippen LogP contribution in [0.15, 0.2) is 29.4 Å². The number of halogens is 3. The fourth-order valence-electron chi connectivity index (χ4n) is 1.77. The number of carbonyl (C=O) groups excluding carboxylic acids is 2. The third-order valence-electron chi connectivity index (χ3n) is 2.78. The van der Waals surface area contributed by atoms with Crippen molar-refractivity contribution in [1.82, 2.24) is 20.2 Å². The maximum atomic E-state index is 11.9. The number of benzene rings is 1. The number of hydrogen-bond donors (Lipinski definition) is 2. The Bertz CT molecular complexity index is 730. The highest BCUT2D eigenvalue weighted by molar-refractivity contribution is 7.99. The summed E-state index contributed by atoms with van der Waals surface area (Å²) in [4.78, 5) is 27.0. The van der Waals surface area contributed by atoms with Crippen molar-refractivity contribution in [2.75, 3.05) is 12.3 Å². The van der Waals surface area contributed by atoms with E-state index in [1.807, 2.05) is 29.6 Å². The minimum absolute atomic E-state index is 0.142. The molecule has 0 atom stereocenters. The van der Waals surface area contributed by atoms with Crippen LogP contribution in [0.4, 0.5) is 18.0 Å². The van der Waals surface area contributed by atoms with Crippen molar-refractivity contribution in [3.63, 3.8) is 0 Å². The molecule has 1 heterocycles. The van der Waals surface area contributed by atoms with Crippen LogP contribution in [0.2, 0.25) is 0 Å². The second-order valence-corrected chi connectivity index (χ2v) is 5.52. The lowest BCUT2D eigenvalue weighted by Crippen LogP contribution is -2.43. The summed E-state index contributed by atoms with van der Waals surface area (Å²) in [5.41, 5.74) is 1.65. The lowest BCUT2D eigenvalue weighted by Gasteiger charge is -2.08. The highest BCUT2D eigenvalue weighted by Crippen LogP contribution is 2.22. The fourth-order valence-corrected chi connectivity index (χ4v) is 2.56. The Hall–Kier alpha value is -2.23. The minimum atomic E-state index is -4.53. The highest BCUT2D eigenvalue weighted by Gasteiger charge is 2.28. The van der Waals surface area contributed by atoms with Crippen molar-refractivity contribution in [2.24, 2.45) is 7.05 Å². The number of imidazole rings is 1. The number of urea groups is 1. The van der Waals surface area contributed by atoms with Crippen molar-refractivity contribution < 1.29 is 22.8 Å². The minimum Gasteiger partial charge on any atom is -0.329 e. The summed E-state index contributed by atoms with van der Waals surface area (Å²) in [6, 6.07) is 6.21. The lowest BCUT2D eigenvalue weighted by molar-refractivity contribution is -0.124. The number of nitrogens with one attached hydrogen (secondary N) is 2. The summed E-state index contributed by atoms with van der Waals surface area (Å²) in [6.07, 6.45) is -4.53. The molecule has 0 saturated heterocycles. The molecular formula is C13H13F3N4O2S. The van der Waals surface area contributed by atoms with Crippen LogP contribution in [0.5, 0.6) is 0 Å². The van der Waals surface area contributed by atoms with Crippen LogP contribution in [0, 0.1) is 0 Å². The van der Waals surface area contributed by atoms with Crippen LogP contribution >= 0.6 is 11.8 Å². The molecule has 2 rings (SSSR count). The quantitative estimate of drug-likeness (QED) is 0.831. The molecule has 0 aliphatic rings. The Morgan fingerprint density at radius 3 is 2.65 bits per heavy atom. The van der Waals surface area contributed by atoms with Crippen LogP contribution < -0.4 is 10.6 Å². The Balaban J connectivity index is 1.86. The molecule has 23 heavy (non-hydrogen) atoms. The Morgan fingerprint density at radius 1 is 1.30 bits per heavy atom. The number of thioether (sulfide) groups is 1. The topological polar surface area (TPSA) is 76.0 Å². The number of carbonyl (C=O) groups is 2. The third-order valence-corrected chi connectivity index (χ3v) is 3.81. The summed E-state index contributed by atoms with van der Waals surface area (Å²) < 4.78 is 37.6. The SMILES string of the molecule is Cn1c(SCC(=O)NC(=O)NCC(F)(F)F)nc2ccccc21. The molecular weight excluding hydrogens is 333 g/mol. The van der Waals surface area contributed by atoms with Gasteiger partial charge >= 0.3 is 12.2 Å². The van der Waals surface area contributed by atoms with Gasteiger partial charge < -0.3 is 9.88 Å². The first-order valence-corrected chi connectivity index (χ1v) is 7.43. The lowest BCUT2D eigenvalue weighted by atomic mass is 10.3. The second kappa shape index (κ2) is 6.90. The van der Waals surface area contributed by atoms with E-state index in [4.69, 9.17) is 0 Å². The first-order valence-electron chi connectivity index (χ1n) is 6.45. The second-order valence-electron chi connectivity index (χ2n) is 4.58. The predicted octanol–water partition coefficient (Wildman–Crippen LogP) is 2.05. The largest absolute Gasteiger partial charge is 0.405 e. The van der Waals surface area contributed by atoms with Gasteiger partial charge in [-0.2, -0.15) is 13.2 Å². The molecule has 2 aromatic rings. The van der Waals surface area contributed by atoms with Crippen LogP contribution in [0.3, 0.4) is 0 Å². The van der Waals surface area contributed by atoms with Gasteiger partial charge in [-0.15, -0.1) is 0 Å². The molecule has 124 valence electrons. The number of nitrogens with zero attached hydrogens (tertiary/aromatic N) is 2. The van der Waals surface area contributed by atoms with E-state index >= 15 is 0 Å². The van der Waals surface area contributed by atoms with Gasteiger partial charge in [0.1, 0.15) is 6.54 Å². The molecule has 0 aliphatic heterocycles. The normalized spacial score (nSPS) is 11.5. The van der Waals surface area contributed by atoms with Gasteiger partial charge in [0.2, 0.25) is 5.91 Å². The molecule has 0 aliphatic carbocycles. The van der Waals surface area contributed by atoms with Crippen LogP contribution in [-0.2, 0) is 11.8 Å². The molecule has 0 saturated carbocycles. The zero-order valence-corrected chi connectivity index (χ0v) is 12.8. The van der Waals surface area contributed by atoms with Crippen LogP contribution in [0.1, 0.15) is 0 Å². The van der Waals surface area contributed by atoms with E-state index in [9.17, 15) is 22.8 Å². The zero-order chi connectivity index (χ0) is 17.0. The smallest absolute Gasteiger partial charge is 0.329 e. The predicted molar refractivity (Wildman–Crippen MR) is 79.0 cm³/mol. The average molecular weight is 346 g/mol. The van der Waals surface area contributed by atoms with E-state index in [-0.39, 0.29) is 5.75 Å². The summed E-state index contributed by atoms with van der Waals surface area (Å²) in [5.74, 6) is -0.849. The van der Waals surface area contributed by atoms with E-state index in [0.717, 1.165) is 22.8 Å². The summed E-state index contributed by atoms with van der Waals surface area (Å²) in [6.45, 7) is -1.50. The van der Waals surface area contributed by atoms with Crippen molar-refractivity contribution in [3.05, 3.63) is 24.3 Å². The van der Waals surface area contributed by atoms with E-state index < -0.39 is 24.7 Å². The number of hydrogen-bond acceptors (Lipinski definition) is 4. The molecule has 0 bridgehead atoms. The van der Waals surface area contributed by atoms with Crippen LogP contribution in [-0.4, -0.2) is 40.0 Å². The van der Waals surface area contributed by atoms with Gasteiger partial charge in [-0.25, -0.2) is 9.78 Å². The molecule has 0 radical (unpaired) electrons. The van der Waals surface area contributed by atoms with Crippen molar-refractivity contribution in [1.29, 1.82) is 0 Å². The van der Waals surface area contributed by atoms with Crippen molar-refractivity contribution in [3.8, 4) is 0 Å². The van der Waals surface area contributed by atoms with Gasteiger partial charge in [0.25, 0.3) is 0 Å². The molecule has 3 amide bonds. The Kier molecular flexibility index (Phi) is 5.14. The molecule has 10 heteroatoms. The molecule has 0 fully saturated rings. The summed E-state index contributed by atoms with van der Waals surface area (Å²) >= 11 is 1.08. The molecule has 0 spiro atoms. The fraction of sp³-hybridized carbons (Fsp3) is 0.308. The van der Waals surface area contributed by atoms with E-state index in [1.165, 1.54) is 0 Å². The van der Waals surface area contributed by atoms with Gasteiger partial charge in [-0.1, -0.05) is 23.9 Å².